The van der Waals surface area contributed by atoms with Gasteiger partial charge in [-0.2, -0.15) is 0 Å². The van der Waals surface area contributed by atoms with Gasteiger partial charge in [0, 0.05) is 41.9 Å². The van der Waals surface area contributed by atoms with Gasteiger partial charge >= 0.3 is 0 Å². The van der Waals surface area contributed by atoms with E-state index in [9.17, 15) is 29.8 Å². The predicted octanol–water partition coefficient (Wildman–Crippen LogP) is 3.11. The molecule has 0 spiro atoms. The number of hydrogen-bond donors (Lipinski definition) is 1. The van der Waals surface area contributed by atoms with E-state index in [4.69, 9.17) is 0 Å². The van der Waals surface area contributed by atoms with Gasteiger partial charge in [-0.3, -0.25) is 29.8 Å². The summed E-state index contributed by atoms with van der Waals surface area (Å²) in [4.78, 5) is 47.4. The van der Waals surface area contributed by atoms with Gasteiger partial charge in [0.2, 0.25) is 11.8 Å². The second kappa shape index (κ2) is 7.66. The smallest absolute Gasteiger partial charge is 0.274 e. The first-order valence-corrected chi connectivity index (χ1v) is 8.78. The molecule has 2 aromatic rings. The van der Waals surface area contributed by atoms with E-state index in [1.807, 2.05) is 0 Å². The van der Waals surface area contributed by atoms with E-state index in [1.54, 1.807) is 32.0 Å². The number of amides is 2. The van der Waals surface area contributed by atoms with Crippen molar-refractivity contribution in [2.24, 2.45) is 5.92 Å². The number of benzene rings is 2. The van der Waals surface area contributed by atoms with Crippen LogP contribution < -0.4 is 10.2 Å². The van der Waals surface area contributed by atoms with E-state index in [1.165, 1.54) is 23.1 Å². The molecule has 1 N–H and O–H groups in total. The number of nitro groups is 2. The van der Waals surface area contributed by atoms with Gasteiger partial charge in [0.15, 0.2) is 0 Å². The first kappa shape index (κ1) is 19.9. The van der Waals surface area contributed by atoms with Crippen molar-refractivity contribution >= 4 is 34.6 Å². The average Bonchev–Trinajstić information content (AvgIpc) is 3.05. The molecule has 1 fully saturated rings. The lowest BCUT2D eigenvalue weighted by Gasteiger charge is -2.17. The van der Waals surface area contributed by atoms with Crippen LogP contribution in [-0.2, 0) is 9.59 Å². The quantitative estimate of drug-likeness (QED) is 0.607. The third kappa shape index (κ3) is 4.05. The van der Waals surface area contributed by atoms with E-state index < -0.39 is 21.7 Å². The molecule has 1 saturated heterocycles. The fourth-order valence-corrected chi connectivity index (χ4v) is 3.22. The number of nitrogens with one attached hydrogen (secondary N) is 1. The van der Waals surface area contributed by atoms with Crippen LogP contribution in [-0.4, -0.2) is 28.2 Å². The summed E-state index contributed by atoms with van der Waals surface area (Å²) in [5, 5.41) is 24.8. The third-order valence-corrected chi connectivity index (χ3v) is 4.87. The highest BCUT2D eigenvalue weighted by Crippen LogP contribution is 2.31. The minimum atomic E-state index is -0.678. The Morgan fingerprint density at radius 1 is 1.03 bits per heavy atom. The van der Waals surface area contributed by atoms with Gasteiger partial charge in [-0.15, -0.1) is 0 Å². The van der Waals surface area contributed by atoms with Crippen LogP contribution >= 0.6 is 0 Å². The zero-order chi connectivity index (χ0) is 21.3. The van der Waals surface area contributed by atoms with Crippen LogP contribution in [0.5, 0.6) is 0 Å². The highest BCUT2D eigenvalue weighted by Gasteiger charge is 2.36. The van der Waals surface area contributed by atoms with Crippen LogP contribution in [0.4, 0.5) is 22.7 Å². The Hall–Kier alpha value is -3.82. The lowest BCUT2D eigenvalue weighted by Crippen LogP contribution is -2.28. The molecule has 2 aromatic carbocycles. The summed E-state index contributed by atoms with van der Waals surface area (Å²) in [5.41, 5.74) is 1.35. The van der Waals surface area contributed by atoms with Crippen LogP contribution in [0.3, 0.4) is 0 Å². The second-order valence-corrected chi connectivity index (χ2v) is 6.88. The van der Waals surface area contributed by atoms with Gasteiger partial charge in [-0.25, -0.2) is 0 Å². The fraction of sp³-hybridized carbons (Fsp3) is 0.263. The van der Waals surface area contributed by atoms with E-state index in [-0.39, 0.29) is 35.9 Å². The Bertz CT molecular complexity index is 1040. The molecule has 10 heteroatoms. The molecule has 0 unspecified atom stereocenters. The van der Waals surface area contributed by atoms with E-state index in [0.717, 1.165) is 0 Å². The maximum Gasteiger partial charge on any atom is 0.274 e. The molecule has 3 rings (SSSR count). The molecule has 2 amide bonds. The van der Waals surface area contributed by atoms with Gasteiger partial charge in [0.1, 0.15) is 0 Å². The monoisotopic (exact) mass is 398 g/mol. The number of anilines is 2. The van der Waals surface area contributed by atoms with Crippen LogP contribution in [0.25, 0.3) is 0 Å². The summed E-state index contributed by atoms with van der Waals surface area (Å²) in [6, 6.07) is 8.83. The standard InChI is InChI=1S/C19H18N4O6/c1-11-3-5-14(8-16(11)22(26)27)20-19(25)13-7-18(24)21(10-13)15-6-4-12(2)17(9-15)23(28)29/h3-6,8-9,13H,7,10H2,1-2H3,(H,20,25)/t13-/m1/s1. The molecule has 150 valence electrons. The highest BCUT2D eigenvalue weighted by molar-refractivity contribution is 6.03. The SMILES string of the molecule is Cc1ccc(NC(=O)[C@@H]2CC(=O)N(c3ccc(C)c([N+](=O)[O-])c3)C2)cc1[N+](=O)[O-]. The first-order valence-electron chi connectivity index (χ1n) is 8.78. The minimum absolute atomic E-state index is 0.0541. The van der Waals surface area contributed by atoms with Gasteiger partial charge in [0.25, 0.3) is 11.4 Å². The van der Waals surface area contributed by atoms with Gasteiger partial charge in [-0.05, 0) is 26.0 Å². The van der Waals surface area contributed by atoms with Crippen molar-refractivity contribution in [2.45, 2.75) is 20.3 Å². The number of hydrogen-bond acceptors (Lipinski definition) is 6. The number of nitro benzene ring substituents is 2. The van der Waals surface area contributed by atoms with Crippen LogP contribution in [0.15, 0.2) is 36.4 Å². The predicted molar refractivity (Wildman–Crippen MR) is 105 cm³/mol. The Morgan fingerprint density at radius 3 is 2.24 bits per heavy atom. The minimum Gasteiger partial charge on any atom is -0.326 e. The fourth-order valence-electron chi connectivity index (χ4n) is 3.22. The summed E-state index contributed by atoms with van der Waals surface area (Å²) < 4.78 is 0. The van der Waals surface area contributed by atoms with Crippen LogP contribution in [0.2, 0.25) is 0 Å². The van der Waals surface area contributed by atoms with Gasteiger partial charge < -0.3 is 10.2 Å². The largest absolute Gasteiger partial charge is 0.326 e. The summed E-state index contributed by atoms with van der Waals surface area (Å²) in [7, 11) is 0. The number of carbonyl (C=O) groups is 2. The summed E-state index contributed by atoms with van der Waals surface area (Å²) in [6.45, 7) is 3.27. The van der Waals surface area contributed by atoms with Gasteiger partial charge in [-0.1, -0.05) is 12.1 Å². The van der Waals surface area contributed by atoms with E-state index in [0.29, 0.717) is 16.8 Å². The van der Waals surface area contributed by atoms with E-state index >= 15 is 0 Å². The molecule has 1 heterocycles. The number of rotatable bonds is 5. The number of carbonyl (C=O) groups excluding carboxylic acids is 2. The molecule has 0 saturated carbocycles. The molecule has 1 atom stereocenters. The van der Waals surface area contributed by atoms with E-state index in [2.05, 4.69) is 5.32 Å². The lowest BCUT2D eigenvalue weighted by atomic mass is 10.1. The lowest BCUT2D eigenvalue weighted by molar-refractivity contribution is -0.385. The van der Waals surface area contributed by atoms with Crippen molar-refractivity contribution in [3.8, 4) is 0 Å². The molecule has 1 aliphatic rings. The maximum absolute atomic E-state index is 12.6. The Kier molecular flexibility index (Phi) is 5.26. The number of aryl methyl sites for hydroxylation is 2. The second-order valence-electron chi connectivity index (χ2n) is 6.88. The topological polar surface area (TPSA) is 136 Å². The first-order chi connectivity index (χ1) is 13.7. The molecular formula is C19H18N4O6. The zero-order valence-electron chi connectivity index (χ0n) is 15.7. The maximum atomic E-state index is 12.6. The summed E-state index contributed by atoms with van der Waals surface area (Å²) >= 11 is 0. The van der Waals surface area contributed by atoms with Crippen LogP contribution in [0, 0.1) is 40.0 Å². The van der Waals surface area contributed by atoms with Crippen molar-refractivity contribution in [2.75, 3.05) is 16.8 Å². The highest BCUT2D eigenvalue weighted by atomic mass is 16.6. The molecule has 0 aliphatic carbocycles. The molecule has 0 bridgehead atoms. The summed E-state index contributed by atoms with van der Waals surface area (Å²) in [5.74, 6) is -1.44. The van der Waals surface area contributed by atoms with Crippen molar-refractivity contribution in [1.29, 1.82) is 0 Å². The molecule has 0 radical (unpaired) electrons. The summed E-state index contributed by atoms with van der Waals surface area (Å²) in [6.07, 6.45) is -0.0541. The zero-order valence-corrected chi connectivity index (χ0v) is 15.7. The molecule has 1 aliphatic heterocycles. The average molecular weight is 398 g/mol. The normalized spacial score (nSPS) is 16.0. The van der Waals surface area contributed by atoms with Crippen molar-refractivity contribution in [1.82, 2.24) is 0 Å². The molecule has 0 aromatic heterocycles. The van der Waals surface area contributed by atoms with Crippen LogP contribution in [0.1, 0.15) is 17.5 Å². The number of nitrogens with zero attached hydrogens (tertiary/aromatic N) is 3. The molecule has 10 nitrogen and oxygen atoms in total. The van der Waals surface area contributed by atoms with Crippen molar-refractivity contribution in [3.63, 3.8) is 0 Å². The van der Waals surface area contributed by atoms with Crippen molar-refractivity contribution < 1.29 is 19.4 Å². The Labute approximate surface area is 165 Å². The molecular weight excluding hydrogens is 380 g/mol. The van der Waals surface area contributed by atoms with Gasteiger partial charge in [0.05, 0.1) is 21.5 Å². The molecule has 29 heavy (non-hydrogen) atoms. The third-order valence-electron chi connectivity index (χ3n) is 4.87. The Morgan fingerprint density at radius 2 is 1.62 bits per heavy atom. The van der Waals surface area contributed by atoms with Crippen molar-refractivity contribution in [3.05, 3.63) is 67.8 Å². The Balaban J connectivity index is 1.76.